The molecular formula is C18H22N2O. The van der Waals surface area contributed by atoms with Gasteiger partial charge in [0.2, 0.25) is 0 Å². The highest BCUT2D eigenvalue weighted by atomic mass is 16.5. The van der Waals surface area contributed by atoms with Crippen molar-refractivity contribution in [3.63, 3.8) is 0 Å². The summed E-state index contributed by atoms with van der Waals surface area (Å²) in [5.41, 5.74) is 3.81. The minimum Gasteiger partial charge on any atom is -0.490 e. The Labute approximate surface area is 126 Å². The summed E-state index contributed by atoms with van der Waals surface area (Å²) in [4.78, 5) is 4.24. The first-order chi connectivity index (χ1) is 10.3. The maximum Gasteiger partial charge on any atom is 0.120 e. The summed E-state index contributed by atoms with van der Waals surface area (Å²) < 4.78 is 5.91. The molecule has 0 spiro atoms. The molecule has 1 unspecified atom stereocenters. The molecule has 21 heavy (non-hydrogen) atoms. The summed E-state index contributed by atoms with van der Waals surface area (Å²) in [7, 11) is 2.00. The van der Waals surface area contributed by atoms with Gasteiger partial charge in [-0.3, -0.25) is 4.98 Å². The fraction of sp³-hybridized carbons (Fsp3) is 0.389. The van der Waals surface area contributed by atoms with E-state index in [9.17, 15) is 0 Å². The van der Waals surface area contributed by atoms with Gasteiger partial charge in [0.15, 0.2) is 0 Å². The van der Waals surface area contributed by atoms with Crippen molar-refractivity contribution in [2.24, 2.45) is 0 Å². The van der Waals surface area contributed by atoms with Crippen molar-refractivity contribution in [3.8, 4) is 5.75 Å². The molecule has 3 rings (SSSR count). The van der Waals surface area contributed by atoms with Gasteiger partial charge in [-0.25, -0.2) is 0 Å². The Bertz CT molecular complexity index is 608. The molecule has 1 fully saturated rings. The lowest BCUT2D eigenvalue weighted by molar-refractivity contribution is 0.302. The standard InChI is InChI=1S/C18H22N2O/c1-3-13-12-20-10-9-17(13)18(19-2)14-5-4-6-16(11-14)21-15-7-8-15/h4-6,9-12,15,18-19H,3,7-8H2,1-2H3. The van der Waals surface area contributed by atoms with Gasteiger partial charge < -0.3 is 10.1 Å². The number of benzene rings is 1. The molecule has 1 aromatic carbocycles. The van der Waals surface area contributed by atoms with Gasteiger partial charge in [0.1, 0.15) is 5.75 Å². The Morgan fingerprint density at radius 2 is 2.19 bits per heavy atom. The van der Waals surface area contributed by atoms with Crippen molar-refractivity contribution < 1.29 is 4.74 Å². The second-order valence-corrected chi connectivity index (χ2v) is 5.54. The van der Waals surface area contributed by atoms with Crippen molar-refractivity contribution >= 4 is 0 Å². The number of aryl methyl sites for hydroxylation is 1. The molecule has 110 valence electrons. The summed E-state index contributed by atoms with van der Waals surface area (Å²) in [6.07, 6.45) is 7.61. The normalized spacial score (nSPS) is 15.7. The van der Waals surface area contributed by atoms with Crippen molar-refractivity contribution in [2.45, 2.75) is 38.3 Å². The van der Waals surface area contributed by atoms with E-state index in [0.29, 0.717) is 6.10 Å². The number of nitrogens with one attached hydrogen (secondary N) is 1. The van der Waals surface area contributed by atoms with E-state index in [2.05, 4.69) is 41.5 Å². The van der Waals surface area contributed by atoms with Crippen molar-refractivity contribution in [1.29, 1.82) is 0 Å². The monoisotopic (exact) mass is 282 g/mol. The second-order valence-electron chi connectivity index (χ2n) is 5.54. The zero-order chi connectivity index (χ0) is 14.7. The largest absolute Gasteiger partial charge is 0.490 e. The van der Waals surface area contributed by atoms with Crippen molar-refractivity contribution in [3.05, 3.63) is 59.4 Å². The summed E-state index contributed by atoms with van der Waals surface area (Å²) >= 11 is 0. The molecule has 0 bridgehead atoms. The molecule has 0 aliphatic heterocycles. The van der Waals surface area contributed by atoms with Crippen LogP contribution in [0.15, 0.2) is 42.7 Å². The topological polar surface area (TPSA) is 34.2 Å². The fourth-order valence-electron chi connectivity index (χ4n) is 2.66. The van der Waals surface area contributed by atoms with E-state index in [0.717, 1.165) is 12.2 Å². The third-order valence-corrected chi connectivity index (χ3v) is 3.94. The van der Waals surface area contributed by atoms with Crippen LogP contribution < -0.4 is 10.1 Å². The summed E-state index contributed by atoms with van der Waals surface area (Å²) in [6, 6.07) is 10.7. The molecule has 1 atom stereocenters. The number of rotatable bonds is 6. The van der Waals surface area contributed by atoms with E-state index < -0.39 is 0 Å². The van der Waals surface area contributed by atoms with Gasteiger partial charge in [-0.2, -0.15) is 0 Å². The molecule has 0 radical (unpaired) electrons. The predicted molar refractivity (Wildman–Crippen MR) is 84.6 cm³/mol. The third-order valence-electron chi connectivity index (χ3n) is 3.94. The molecule has 1 aliphatic carbocycles. The maximum atomic E-state index is 5.91. The highest BCUT2D eigenvalue weighted by molar-refractivity contribution is 5.39. The molecule has 0 saturated heterocycles. The molecule has 0 amide bonds. The predicted octanol–water partition coefficient (Wildman–Crippen LogP) is 3.49. The van der Waals surface area contributed by atoms with E-state index in [1.54, 1.807) is 0 Å². The number of hydrogen-bond acceptors (Lipinski definition) is 3. The van der Waals surface area contributed by atoms with Gasteiger partial charge >= 0.3 is 0 Å². The Kier molecular flexibility index (Phi) is 4.20. The van der Waals surface area contributed by atoms with Crippen LogP contribution in [-0.4, -0.2) is 18.1 Å². The quantitative estimate of drug-likeness (QED) is 0.880. The summed E-state index contributed by atoms with van der Waals surface area (Å²) in [5.74, 6) is 0.974. The SMILES string of the molecule is CCc1cnccc1C(NC)c1cccc(OC2CC2)c1. The van der Waals surface area contributed by atoms with Gasteiger partial charge in [-0.1, -0.05) is 19.1 Å². The van der Waals surface area contributed by atoms with Crippen LogP contribution in [-0.2, 0) is 6.42 Å². The summed E-state index contributed by atoms with van der Waals surface area (Å²) in [6.45, 7) is 2.17. The zero-order valence-electron chi connectivity index (χ0n) is 12.7. The molecule has 3 nitrogen and oxygen atoms in total. The zero-order valence-corrected chi connectivity index (χ0v) is 12.7. The van der Waals surface area contributed by atoms with E-state index in [1.165, 1.54) is 29.5 Å². The van der Waals surface area contributed by atoms with Crippen LogP contribution in [0.5, 0.6) is 5.75 Å². The van der Waals surface area contributed by atoms with E-state index in [-0.39, 0.29) is 6.04 Å². The molecular weight excluding hydrogens is 260 g/mol. The average molecular weight is 282 g/mol. The smallest absolute Gasteiger partial charge is 0.120 e. The first-order valence-corrected chi connectivity index (χ1v) is 7.68. The molecule has 1 aromatic heterocycles. The molecule has 1 saturated carbocycles. The molecule has 1 heterocycles. The van der Waals surface area contributed by atoms with Gasteiger partial charge in [-0.15, -0.1) is 0 Å². The lowest BCUT2D eigenvalue weighted by Crippen LogP contribution is -2.19. The van der Waals surface area contributed by atoms with Gasteiger partial charge in [-0.05, 0) is 61.2 Å². The van der Waals surface area contributed by atoms with E-state index in [1.807, 2.05) is 25.5 Å². The van der Waals surface area contributed by atoms with E-state index >= 15 is 0 Å². The lowest BCUT2D eigenvalue weighted by atomic mass is 9.95. The van der Waals surface area contributed by atoms with E-state index in [4.69, 9.17) is 4.74 Å². The Balaban J connectivity index is 1.91. The molecule has 1 aliphatic rings. The molecule has 1 N–H and O–H groups in total. The van der Waals surface area contributed by atoms with Crippen molar-refractivity contribution in [1.82, 2.24) is 10.3 Å². The average Bonchev–Trinajstić information content (AvgIpc) is 3.33. The second kappa shape index (κ2) is 6.27. The Morgan fingerprint density at radius 3 is 2.90 bits per heavy atom. The Hall–Kier alpha value is -1.87. The van der Waals surface area contributed by atoms with Crippen molar-refractivity contribution in [2.75, 3.05) is 7.05 Å². The fourth-order valence-corrected chi connectivity index (χ4v) is 2.66. The van der Waals surface area contributed by atoms with Crippen LogP contribution in [0.25, 0.3) is 0 Å². The number of pyridine rings is 1. The van der Waals surface area contributed by atoms with Crippen LogP contribution in [0.4, 0.5) is 0 Å². The Morgan fingerprint density at radius 1 is 1.33 bits per heavy atom. The van der Waals surface area contributed by atoms with Crippen LogP contribution in [0.3, 0.4) is 0 Å². The first kappa shape index (κ1) is 14.1. The van der Waals surface area contributed by atoms with Gasteiger partial charge in [0.25, 0.3) is 0 Å². The number of aromatic nitrogens is 1. The van der Waals surface area contributed by atoms with Crippen LogP contribution in [0.1, 0.15) is 42.5 Å². The maximum absolute atomic E-state index is 5.91. The van der Waals surface area contributed by atoms with Gasteiger partial charge in [0.05, 0.1) is 12.1 Å². The minimum absolute atomic E-state index is 0.172. The van der Waals surface area contributed by atoms with Crippen LogP contribution in [0, 0.1) is 0 Å². The number of hydrogen-bond donors (Lipinski definition) is 1. The number of nitrogens with zero attached hydrogens (tertiary/aromatic N) is 1. The van der Waals surface area contributed by atoms with Gasteiger partial charge in [0, 0.05) is 12.4 Å². The highest BCUT2D eigenvalue weighted by Gasteiger charge is 2.24. The number of ether oxygens (including phenoxy) is 1. The minimum atomic E-state index is 0.172. The lowest BCUT2D eigenvalue weighted by Gasteiger charge is -2.20. The highest BCUT2D eigenvalue weighted by Crippen LogP contribution is 2.30. The third kappa shape index (κ3) is 3.24. The molecule has 3 heteroatoms. The molecule has 2 aromatic rings. The summed E-state index contributed by atoms with van der Waals surface area (Å²) in [5, 5.41) is 3.42. The van der Waals surface area contributed by atoms with Crippen LogP contribution >= 0.6 is 0 Å². The van der Waals surface area contributed by atoms with Crippen LogP contribution in [0.2, 0.25) is 0 Å². The first-order valence-electron chi connectivity index (χ1n) is 7.68.